The Morgan fingerprint density at radius 2 is 2.30 bits per heavy atom. The number of para-hydroxylation sites is 2. The molecule has 2 aromatic rings. The first-order valence-electron chi connectivity index (χ1n) is 6.88. The Morgan fingerprint density at radius 3 is 3.20 bits per heavy atom. The van der Waals surface area contributed by atoms with E-state index in [9.17, 15) is 0 Å². The summed E-state index contributed by atoms with van der Waals surface area (Å²) in [6.45, 7) is 3.23. The van der Waals surface area contributed by atoms with E-state index in [1.165, 1.54) is 11.4 Å². The third-order valence-electron chi connectivity index (χ3n) is 3.41. The molecule has 2 heterocycles. The number of nitrogens with zero attached hydrogens (tertiary/aromatic N) is 2. The minimum absolute atomic E-state index is 0.463. The molecule has 0 saturated heterocycles. The van der Waals surface area contributed by atoms with Crippen molar-refractivity contribution in [2.45, 2.75) is 19.6 Å². The molecule has 0 aliphatic carbocycles. The van der Waals surface area contributed by atoms with E-state index < -0.39 is 0 Å². The van der Waals surface area contributed by atoms with Gasteiger partial charge in [-0.2, -0.15) is 0 Å². The van der Waals surface area contributed by atoms with Crippen LogP contribution >= 0.6 is 0 Å². The smallest absolute Gasteiger partial charge is 0.162 e. The Morgan fingerprint density at radius 1 is 1.40 bits per heavy atom. The van der Waals surface area contributed by atoms with Crippen molar-refractivity contribution in [2.75, 3.05) is 30.4 Å². The standard InChI is InChI=1S/C15H19N3O2/c1-19-11-13-9-12(17-20-13)10-18-8-4-7-16-14-5-2-3-6-15(14)18/h2-3,5-6,9,16H,4,7-8,10-11H2,1H3. The van der Waals surface area contributed by atoms with Crippen LogP contribution in [0.15, 0.2) is 34.9 Å². The van der Waals surface area contributed by atoms with Gasteiger partial charge in [-0.05, 0) is 18.6 Å². The summed E-state index contributed by atoms with van der Waals surface area (Å²) in [5, 5.41) is 7.58. The summed E-state index contributed by atoms with van der Waals surface area (Å²) in [6.07, 6.45) is 1.11. The molecule has 0 radical (unpaired) electrons. The van der Waals surface area contributed by atoms with Gasteiger partial charge in [-0.15, -0.1) is 0 Å². The lowest BCUT2D eigenvalue weighted by Gasteiger charge is -2.23. The number of methoxy groups -OCH3 is 1. The van der Waals surface area contributed by atoms with Gasteiger partial charge >= 0.3 is 0 Å². The lowest BCUT2D eigenvalue weighted by Crippen LogP contribution is -2.23. The molecule has 1 aliphatic rings. The van der Waals surface area contributed by atoms with E-state index in [0.29, 0.717) is 6.61 Å². The lowest BCUT2D eigenvalue weighted by molar-refractivity contribution is 0.156. The van der Waals surface area contributed by atoms with Crippen LogP contribution < -0.4 is 10.2 Å². The molecule has 5 nitrogen and oxygen atoms in total. The van der Waals surface area contributed by atoms with E-state index >= 15 is 0 Å². The van der Waals surface area contributed by atoms with Crippen LogP contribution in [-0.2, 0) is 17.9 Å². The van der Waals surface area contributed by atoms with Crippen molar-refractivity contribution in [1.82, 2.24) is 5.16 Å². The highest BCUT2D eigenvalue weighted by molar-refractivity contribution is 5.70. The first-order valence-corrected chi connectivity index (χ1v) is 6.88. The maximum atomic E-state index is 5.25. The molecule has 1 aliphatic heterocycles. The van der Waals surface area contributed by atoms with Gasteiger partial charge in [-0.25, -0.2) is 0 Å². The predicted octanol–water partition coefficient (Wildman–Crippen LogP) is 2.64. The van der Waals surface area contributed by atoms with Crippen LogP contribution in [0.25, 0.3) is 0 Å². The molecular formula is C15H19N3O2. The number of benzene rings is 1. The van der Waals surface area contributed by atoms with Gasteiger partial charge < -0.3 is 19.5 Å². The number of hydrogen-bond donors (Lipinski definition) is 1. The normalized spacial score (nSPS) is 14.6. The zero-order valence-corrected chi connectivity index (χ0v) is 11.6. The summed E-state index contributed by atoms with van der Waals surface area (Å²) in [5.41, 5.74) is 3.35. The molecule has 1 aromatic carbocycles. The van der Waals surface area contributed by atoms with E-state index in [-0.39, 0.29) is 0 Å². The fourth-order valence-electron chi connectivity index (χ4n) is 2.51. The Balaban J connectivity index is 1.79. The van der Waals surface area contributed by atoms with Crippen molar-refractivity contribution < 1.29 is 9.26 Å². The molecule has 0 spiro atoms. The van der Waals surface area contributed by atoms with Crippen LogP contribution in [0, 0.1) is 0 Å². The van der Waals surface area contributed by atoms with Gasteiger partial charge in [0, 0.05) is 26.3 Å². The number of fused-ring (bicyclic) bond motifs is 1. The van der Waals surface area contributed by atoms with E-state index in [1.54, 1.807) is 7.11 Å². The third-order valence-corrected chi connectivity index (χ3v) is 3.41. The number of nitrogens with one attached hydrogen (secondary N) is 1. The van der Waals surface area contributed by atoms with E-state index in [0.717, 1.165) is 37.5 Å². The highest BCUT2D eigenvalue weighted by Crippen LogP contribution is 2.29. The summed E-state index contributed by atoms with van der Waals surface area (Å²) < 4.78 is 10.3. The van der Waals surface area contributed by atoms with Crippen LogP contribution in [0.2, 0.25) is 0 Å². The second kappa shape index (κ2) is 5.96. The monoisotopic (exact) mass is 273 g/mol. The summed E-state index contributed by atoms with van der Waals surface area (Å²) in [5.74, 6) is 0.767. The lowest BCUT2D eigenvalue weighted by atomic mass is 10.2. The van der Waals surface area contributed by atoms with Crippen molar-refractivity contribution in [3.63, 3.8) is 0 Å². The van der Waals surface area contributed by atoms with Crippen LogP contribution in [0.5, 0.6) is 0 Å². The van der Waals surface area contributed by atoms with Gasteiger partial charge in [0.2, 0.25) is 0 Å². The summed E-state index contributed by atoms with van der Waals surface area (Å²) >= 11 is 0. The molecule has 0 amide bonds. The van der Waals surface area contributed by atoms with Gasteiger partial charge in [-0.1, -0.05) is 17.3 Å². The van der Waals surface area contributed by atoms with Crippen LogP contribution in [-0.4, -0.2) is 25.4 Å². The number of rotatable bonds is 4. The molecule has 106 valence electrons. The average molecular weight is 273 g/mol. The van der Waals surface area contributed by atoms with Gasteiger partial charge in [0.15, 0.2) is 5.76 Å². The molecule has 20 heavy (non-hydrogen) atoms. The largest absolute Gasteiger partial charge is 0.383 e. The fraction of sp³-hybridized carbons (Fsp3) is 0.400. The first kappa shape index (κ1) is 13.0. The van der Waals surface area contributed by atoms with Crippen molar-refractivity contribution in [3.8, 4) is 0 Å². The molecule has 0 bridgehead atoms. The van der Waals surface area contributed by atoms with E-state index in [1.807, 2.05) is 6.07 Å². The van der Waals surface area contributed by atoms with Crippen LogP contribution in [0.3, 0.4) is 0 Å². The molecule has 1 aromatic heterocycles. The van der Waals surface area contributed by atoms with Crippen molar-refractivity contribution >= 4 is 11.4 Å². The number of hydrogen-bond acceptors (Lipinski definition) is 5. The van der Waals surface area contributed by atoms with E-state index in [2.05, 4.69) is 39.6 Å². The third kappa shape index (κ3) is 2.77. The maximum absolute atomic E-state index is 5.25. The Bertz CT molecular complexity index is 568. The minimum atomic E-state index is 0.463. The summed E-state index contributed by atoms with van der Waals surface area (Å²) in [4.78, 5) is 2.34. The first-order chi connectivity index (χ1) is 9.86. The number of aromatic nitrogens is 1. The molecule has 0 unspecified atom stereocenters. The second-order valence-electron chi connectivity index (χ2n) is 4.94. The number of ether oxygens (including phenoxy) is 1. The van der Waals surface area contributed by atoms with Crippen molar-refractivity contribution in [2.24, 2.45) is 0 Å². The van der Waals surface area contributed by atoms with E-state index in [4.69, 9.17) is 9.26 Å². The van der Waals surface area contributed by atoms with Gasteiger partial charge in [0.25, 0.3) is 0 Å². The predicted molar refractivity (Wildman–Crippen MR) is 77.8 cm³/mol. The van der Waals surface area contributed by atoms with Gasteiger partial charge in [0.05, 0.1) is 17.9 Å². The van der Waals surface area contributed by atoms with Crippen molar-refractivity contribution in [1.29, 1.82) is 0 Å². The topological polar surface area (TPSA) is 50.5 Å². The molecule has 0 atom stereocenters. The van der Waals surface area contributed by atoms with Gasteiger partial charge in [0.1, 0.15) is 12.3 Å². The maximum Gasteiger partial charge on any atom is 0.162 e. The number of anilines is 2. The highest BCUT2D eigenvalue weighted by atomic mass is 16.5. The van der Waals surface area contributed by atoms with Crippen LogP contribution in [0.1, 0.15) is 17.9 Å². The average Bonchev–Trinajstić information content (AvgIpc) is 2.80. The van der Waals surface area contributed by atoms with Crippen molar-refractivity contribution in [3.05, 3.63) is 41.8 Å². The molecular weight excluding hydrogens is 254 g/mol. The summed E-state index contributed by atoms with van der Waals surface area (Å²) in [7, 11) is 1.65. The van der Waals surface area contributed by atoms with Gasteiger partial charge in [-0.3, -0.25) is 0 Å². The Labute approximate surface area is 118 Å². The Hall–Kier alpha value is -2.01. The quantitative estimate of drug-likeness (QED) is 0.928. The molecule has 3 rings (SSSR count). The zero-order valence-electron chi connectivity index (χ0n) is 11.6. The molecule has 1 N–H and O–H groups in total. The highest BCUT2D eigenvalue weighted by Gasteiger charge is 2.16. The fourth-order valence-corrected chi connectivity index (χ4v) is 2.51. The Kier molecular flexibility index (Phi) is 3.87. The minimum Gasteiger partial charge on any atom is -0.383 e. The zero-order chi connectivity index (χ0) is 13.8. The second-order valence-corrected chi connectivity index (χ2v) is 4.94. The molecule has 0 fully saturated rings. The van der Waals surface area contributed by atoms with Crippen LogP contribution in [0.4, 0.5) is 11.4 Å². The summed E-state index contributed by atoms with van der Waals surface area (Å²) in [6, 6.07) is 10.3. The molecule has 0 saturated carbocycles. The SMILES string of the molecule is COCc1cc(CN2CCCNc3ccccc32)no1. The molecule has 5 heteroatoms.